The van der Waals surface area contributed by atoms with E-state index in [1.165, 1.54) is 24.3 Å². The molecular formula is C20H21F3N3O3+. The van der Waals surface area contributed by atoms with Crippen LogP contribution in [0, 0.1) is 0 Å². The maximum atomic E-state index is 12.7. The Morgan fingerprint density at radius 1 is 1.00 bits per heavy atom. The fourth-order valence-corrected chi connectivity index (χ4v) is 3.25. The van der Waals surface area contributed by atoms with E-state index in [9.17, 15) is 22.8 Å². The van der Waals surface area contributed by atoms with Crippen LogP contribution < -0.4 is 15.1 Å². The number of quaternary nitrogens is 1. The van der Waals surface area contributed by atoms with E-state index in [1.807, 2.05) is 4.90 Å². The highest BCUT2D eigenvalue weighted by atomic mass is 19.4. The van der Waals surface area contributed by atoms with Crippen LogP contribution in [0.25, 0.3) is 0 Å². The van der Waals surface area contributed by atoms with Crippen molar-refractivity contribution in [3.63, 3.8) is 0 Å². The van der Waals surface area contributed by atoms with Gasteiger partial charge in [-0.05, 0) is 48.5 Å². The molecule has 0 aliphatic carbocycles. The lowest BCUT2D eigenvalue weighted by atomic mass is 10.1. The number of anilines is 2. The molecule has 1 aliphatic heterocycles. The number of alkyl halides is 3. The minimum absolute atomic E-state index is 0.146. The molecule has 1 aliphatic rings. The molecule has 0 bridgehead atoms. The third-order valence-electron chi connectivity index (χ3n) is 4.86. The molecule has 0 aromatic heterocycles. The Morgan fingerprint density at radius 3 is 2.10 bits per heavy atom. The Balaban J connectivity index is 1.48. The van der Waals surface area contributed by atoms with Crippen LogP contribution in [0.4, 0.5) is 24.5 Å². The number of carbonyl (C=O) groups excluding carboxylic acids is 1. The number of benzene rings is 2. The van der Waals surface area contributed by atoms with Gasteiger partial charge < -0.3 is 20.2 Å². The van der Waals surface area contributed by atoms with E-state index >= 15 is 0 Å². The smallest absolute Gasteiger partial charge is 0.416 e. The molecule has 0 atom stereocenters. The minimum atomic E-state index is -4.34. The van der Waals surface area contributed by atoms with Crippen molar-refractivity contribution < 1.29 is 32.8 Å². The summed E-state index contributed by atoms with van der Waals surface area (Å²) in [4.78, 5) is 26.1. The molecule has 1 fully saturated rings. The molecule has 3 N–H and O–H groups in total. The van der Waals surface area contributed by atoms with Gasteiger partial charge in [-0.15, -0.1) is 0 Å². The van der Waals surface area contributed by atoms with Crippen molar-refractivity contribution in [2.24, 2.45) is 0 Å². The molecule has 0 unspecified atom stereocenters. The quantitative estimate of drug-likeness (QED) is 0.705. The average Bonchev–Trinajstić information content (AvgIpc) is 2.68. The van der Waals surface area contributed by atoms with Gasteiger partial charge >= 0.3 is 12.1 Å². The zero-order valence-corrected chi connectivity index (χ0v) is 15.5. The third-order valence-corrected chi connectivity index (χ3v) is 4.86. The molecule has 2 aromatic carbocycles. The van der Waals surface area contributed by atoms with E-state index in [1.54, 1.807) is 12.1 Å². The Kier molecular flexibility index (Phi) is 6.07. The molecule has 9 heteroatoms. The number of halogens is 3. The van der Waals surface area contributed by atoms with Crippen LogP contribution in [0.3, 0.4) is 0 Å². The van der Waals surface area contributed by atoms with Crippen LogP contribution >= 0.6 is 0 Å². The van der Waals surface area contributed by atoms with Crippen molar-refractivity contribution >= 4 is 23.3 Å². The van der Waals surface area contributed by atoms with Crippen LogP contribution in [0.5, 0.6) is 0 Å². The largest absolute Gasteiger partial charge is 0.478 e. The number of rotatable bonds is 5. The van der Waals surface area contributed by atoms with Gasteiger partial charge in [0.1, 0.15) is 0 Å². The van der Waals surface area contributed by atoms with Gasteiger partial charge in [0.15, 0.2) is 6.54 Å². The monoisotopic (exact) mass is 408 g/mol. The van der Waals surface area contributed by atoms with Gasteiger partial charge in [0.2, 0.25) is 0 Å². The third kappa shape index (κ3) is 5.47. The lowest BCUT2D eigenvalue weighted by Gasteiger charge is -2.33. The highest BCUT2D eigenvalue weighted by Gasteiger charge is 2.30. The summed E-state index contributed by atoms with van der Waals surface area (Å²) in [6.07, 6.45) is -4.34. The van der Waals surface area contributed by atoms with E-state index in [-0.39, 0.29) is 18.0 Å². The predicted molar refractivity (Wildman–Crippen MR) is 101 cm³/mol. The summed E-state index contributed by atoms with van der Waals surface area (Å²) in [5.41, 5.74) is 0.745. The highest BCUT2D eigenvalue weighted by Crippen LogP contribution is 2.30. The standard InChI is InChI=1S/C20H20F3N3O3/c21-20(22,23)15-3-7-17(8-4-15)26-11-9-25(10-12-26)13-18(27)24-16-5-1-14(2-6-16)19(28)29/h1-8H,9-13H2,(H,24,27)(H,28,29)/p+1. The number of piperazine rings is 1. The van der Waals surface area contributed by atoms with Gasteiger partial charge in [0.25, 0.3) is 5.91 Å². The fraction of sp³-hybridized carbons (Fsp3) is 0.300. The predicted octanol–water partition coefficient (Wildman–Crippen LogP) is 1.75. The second-order valence-corrected chi connectivity index (χ2v) is 6.89. The Hall–Kier alpha value is -3.07. The first kappa shape index (κ1) is 20.7. The zero-order valence-electron chi connectivity index (χ0n) is 15.5. The summed E-state index contributed by atoms with van der Waals surface area (Å²) in [5.74, 6) is -1.20. The summed E-state index contributed by atoms with van der Waals surface area (Å²) in [5, 5.41) is 11.6. The Morgan fingerprint density at radius 2 is 1.59 bits per heavy atom. The number of hydrogen-bond acceptors (Lipinski definition) is 3. The van der Waals surface area contributed by atoms with E-state index < -0.39 is 17.7 Å². The average molecular weight is 408 g/mol. The number of nitrogens with one attached hydrogen (secondary N) is 2. The molecule has 0 saturated carbocycles. The summed E-state index contributed by atoms with van der Waals surface area (Å²) < 4.78 is 38.0. The topological polar surface area (TPSA) is 74.1 Å². The molecule has 3 rings (SSSR count). The molecule has 0 radical (unpaired) electrons. The lowest BCUT2D eigenvalue weighted by molar-refractivity contribution is -0.892. The van der Waals surface area contributed by atoms with Gasteiger partial charge in [-0.3, -0.25) is 4.79 Å². The van der Waals surface area contributed by atoms with Crippen LogP contribution in [0.2, 0.25) is 0 Å². The molecular weight excluding hydrogens is 387 g/mol. The number of carbonyl (C=O) groups is 2. The summed E-state index contributed by atoms with van der Waals surface area (Å²) >= 11 is 0. The second-order valence-electron chi connectivity index (χ2n) is 6.89. The minimum Gasteiger partial charge on any atom is -0.478 e. The molecule has 1 heterocycles. The first-order chi connectivity index (χ1) is 13.7. The van der Waals surface area contributed by atoms with Crippen LogP contribution in [-0.2, 0) is 11.0 Å². The molecule has 29 heavy (non-hydrogen) atoms. The van der Waals surface area contributed by atoms with Crippen LogP contribution in [-0.4, -0.2) is 49.7 Å². The SMILES string of the molecule is O=C(C[NH+]1CCN(c2ccc(C(F)(F)F)cc2)CC1)Nc1ccc(C(=O)O)cc1. The normalized spacial score (nSPS) is 15.2. The van der Waals surface area contributed by atoms with Crippen molar-refractivity contribution in [1.29, 1.82) is 0 Å². The maximum Gasteiger partial charge on any atom is 0.416 e. The van der Waals surface area contributed by atoms with Gasteiger partial charge in [-0.25, -0.2) is 4.79 Å². The van der Waals surface area contributed by atoms with E-state index in [4.69, 9.17) is 5.11 Å². The van der Waals surface area contributed by atoms with Crippen molar-refractivity contribution in [2.45, 2.75) is 6.18 Å². The zero-order chi connectivity index (χ0) is 21.0. The van der Waals surface area contributed by atoms with Crippen molar-refractivity contribution in [2.75, 3.05) is 42.9 Å². The molecule has 154 valence electrons. The van der Waals surface area contributed by atoms with Crippen molar-refractivity contribution in [3.05, 3.63) is 59.7 Å². The fourth-order valence-electron chi connectivity index (χ4n) is 3.25. The highest BCUT2D eigenvalue weighted by molar-refractivity contribution is 5.93. The number of hydrogen-bond donors (Lipinski definition) is 3. The van der Waals surface area contributed by atoms with Crippen molar-refractivity contribution in [1.82, 2.24) is 0 Å². The van der Waals surface area contributed by atoms with Crippen LogP contribution in [0.15, 0.2) is 48.5 Å². The number of carboxylic acid groups (broad SMARTS) is 1. The second kappa shape index (κ2) is 8.52. The first-order valence-electron chi connectivity index (χ1n) is 9.11. The summed E-state index contributed by atoms with van der Waals surface area (Å²) in [6, 6.07) is 11.0. The van der Waals surface area contributed by atoms with Gasteiger partial charge in [0.05, 0.1) is 37.3 Å². The van der Waals surface area contributed by atoms with Gasteiger partial charge in [-0.2, -0.15) is 13.2 Å². The lowest BCUT2D eigenvalue weighted by Crippen LogP contribution is -3.15. The molecule has 6 nitrogen and oxygen atoms in total. The molecule has 1 saturated heterocycles. The number of nitrogens with zero attached hydrogens (tertiary/aromatic N) is 1. The van der Waals surface area contributed by atoms with Crippen LogP contribution in [0.1, 0.15) is 15.9 Å². The van der Waals surface area contributed by atoms with Gasteiger partial charge in [-0.1, -0.05) is 0 Å². The Bertz CT molecular complexity index is 859. The van der Waals surface area contributed by atoms with E-state index in [0.717, 1.165) is 22.7 Å². The number of carboxylic acids is 1. The van der Waals surface area contributed by atoms with E-state index in [2.05, 4.69) is 5.32 Å². The maximum absolute atomic E-state index is 12.7. The molecule has 1 amide bonds. The number of amides is 1. The van der Waals surface area contributed by atoms with Crippen molar-refractivity contribution in [3.8, 4) is 0 Å². The summed E-state index contributed by atoms with van der Waals surface area (Å²) in [6.45, 7) is 2.92. The Labute approximate surface area is 165 Å². The molecule has 2 aromatic rings. The summed E-state index contributed by atoms with van der Waals surface area (Å²) in [7, 11) is 0. The number of aromatic carboxylic acids is 1. The van der Waals surface area contributed by atoms with E-state index in [0.29, 0.717) is 31.9 Å². The van der Waals surface area contributed by atoms with Gasteiger partial charge in [0, 0.05) is 11.4 Å². The molecule has 0 spiro atoms. The first-order valence-corrected chi connectivity index (χ1v) is 9.11.